The molecule has 0 spiro atoms. The van der Waals surface area contributed by atoms with Gasteiger partial charge in [0.1, 0.15) is 25.4 Å². The Balaban J connectivity index is 1.34. The average Bonchev–Trinajstić information content (AvgIpc) is 3.66. The molecule has 314 valence electrons. The average molecular weight is 817 g/mol. The van der Waals surface area contributed by atoms with Crippen molar-refractivity contribution in [3.8, 4) is 11.8 Å². The summed E-state index contributed by atoms with van der Waals surface area (Å²) in [6.45, 7) is 5.72. The van der Waals surface area contributed by atoms with E-state index in [2.05, 4.69) is 11.8 Å². The van der Waals surface area contributed by atoms with Crippen LogP contribution in [-0.4, -0.2) is 133 Å². The number of hydrogen-bond acceptors (Lipinski definition) is 20. The molecule has 2 fully saturated rings. The minimum Gasteiger partial charge on any atom is -0.463 e. The lowest BCUT2D eigenvalue weighted by Gasteiger charge is -2.30. The fourth-order valence-electron chi connectivity index (χ4n) is 6.10. The highest BCUT2D eigenvalue weighted by Gasteiger charge is 2.53. The van der Waals surface area contributed by atoms with Crippen molar-refractivity contribution < 1.29 is 85.7 Å². The number of esters is 8. The Morgan fingerprint density at radius 2 is 0.879 bits per heavy atom. The molecule has 0 aromatic heterocycles. The molecule has 8 atom stereocenters. The van der Waals surface area contributed by atoms with Crippen LogP contribution < -0.4 is 0 Å². The lowest BCUT2D eigenvalue weighted by molar-refractivity contribution is -0.166. The molecule has 0 aliphatic carbocycles. The fraction of sp³-hybridized carbons (Fsp3) is 0.526. The minimum atomic E-state index is -1.16. The summed E-state index contributed by atoms with van der Waals surface area (Å²) >= 11 is 0. The van der Waals surface area contributed by atoms with Crippen LogP contribution in [0, 0.1) is 11.8 Å². The molecule has 20 nitrogen and oxygen atoms in total. The molecular weight excluding hydrogens is 772 g/mol. The zero-order valence-corrected chi connectivity index (χ0v) is 32.6. The minimum absolute atomic E-state index is 0.168. The standard InChI is InChI=1S/C38H44N2O18/c1-21(41)51-19-29-31(53-23(3)43)33(55-25(5)45)35(57-29)39-13-9-11-27(17-39)37(47)49-15-7-8-16-50-38(48)28-12-10-14-40(18-28)36-34(56-26(6)46)32(54-24(4)44)30(58-36)20-52-22(2)42/h9-10,13-14,17-18,29-36H,11-12,15-16,19-20H2,1-6H3/t29-,30-,31-,32-,33-,34-,35-,36-/m1/s1. The van der Waals surface area contributed by atoms with E-state index in [1.807, 2.05) is 0 Å². The second kappa shape index (κ2) is 20.8. The van der Waals surface area contributed by atoms with Gasteiger partial charge in [-0.3, -0.25) is 28.8 Å². The topological polar surface area (TPSA) is 235 Å². The second-order valence-electron chi connectivity index (χ2n) is 12.9. The third-order valence-electron chi connectivity index (χ3n) is 8.31. The highest BCUT2D eigenvalue weighted by Crippen LogP contribution is 2.33. The molecule has 0 aromatic carbocycles. The molecule has 0 saturated carbocycles. The van der Waals surface area contributed by atoms with Gasteiger partial charge in [0.25, 0.3) is 0 Å². The van der Waals surface area contributed by atoms with E-state index in [4.69, 9.17) is 47.4 Å². The van der Waals surface area contributed by atoms with E-state index in [9.17, 15) is 38.4 Å². The van der Waals surface area contributed by atoms with Gasteiger partial charge in [-0.1, -0.05) is 24.0 Å². The quantitative estimate of drug-likeness (QED) is 0.132. The molecule has 0 radical (unpaired) electrons. The van der Waals surface area contributed by atoms with Crippen LogP contribution in [0.5, 0.6) is 0 Å². The van der Waals surface area contributed by atoms with Gasteiger partial charge in [0, 0.05) is 79.2 Å². The molecule has 0 aromatic rings. The van der Waals surface area contributed by atoms with Crippen LogP contribution in [-0.2, 0) is 85.7 Å². The summed E-state index contributed by atoms with van der Waals surface area (Å²) in [7, 11) is 0. The monoisotopic (exact) mass is 816 g/mol. The van der Waals surface area contributed by atoms with Crippen molar-refractivity contribution in [2.45, 2.75) is 103 Å². The van der Waals surface area contributed by atoms with E-state index in [1.165, 1.54) is 36.0 Å². The molecule has 2 saturated heterocycles. The summed E-state index contributed by atoms with van der Waals surface area (Å²) in [6, 6.07) is 0. The highest BCUT2D eigenvalue weighted by atomic mass is 16.7. The number of rotatable bonds is 14. The van der Waals surface area contributed by atoms with Crippen molar-refractivity contribution in [1.82, 2.24) is 9.80 Å². The van der Waals surface area contributed by atoms with Gasteiger partial charge in [0.05, 0.1) is 11.1 Å². The first-order chi connectivity index (χ1) is 27.5. The van der Waals surface area contributed by atoms with E-state index in [0.717, 1.165) is 27.7 Å². The Labute approximate surface area is 332 Å². The van der Waals surface area contributed by atoms with Crippen LogP contribution in [0.25, 0.3) is 0 Å². The van der Waals surface area contributed by atoms with E-state index < -0.39 is 96.8 Å². The maximum Gasteiger partial charge on any atom is 0.336 e. The Morgan fingerprint density at radius 1 is 0.534 bits per heavy atom. The number of carbonyl (C=O) groups is 8. The van der Waals surface area contributed by atoms with Gasteiger partial charge in [0.2, 0.25) is 0 Å². The molecule has 0 amide bonds. The Kier molecular flexibility index (Phi) is 16.0. The van der Waals surface area contributed by atoms with Crippen LogP contribution in [0.3, 0.4) is 0 Å². The van der Waals surface area contributed by atoms with Crippen LogP contribution >= 0.6 is 0 Å². The van der Waals surface area contributed by atoms with Crippen LogP contribution in [0.4, 0.5) is 0 Å². The first-order valence-electron chi connectivity index (χ1n) is 17.9. The predicted octanol–water partition coefficient (Wildman–Crippen LogP) is 0.586. The number of ether oxygens (including phenoxy) is 10. The highest BCUT2D eigenvalue weighted by molar-refractivity contribution is 5.89. The smallest absolute Gasteiger partial charge is 0.336 e. The van der Waals surface area contributed by atoms with Gasteiger partial charge in [-0.15, -0.1) is 0 Å². The molecule has 0 unspecified atom stereocenters. The third kappa shape index (κ3) is 12.7. The van der Waals surface area contributed by atoms with Gasteiger partial charge in [0.15, 0.2) is 50.1 Å². The van der Waals surface area contributed by atoms with Gasteiger partial charge < -0.3 is 57.2 Å². The second-order valence-corrected chi connectivity index (χ2v) is 12.9. The summed E-state index contributed by atoms with van der Waals surface area (Å²) in [4.78, 5) is 99.4. The molecule has 4 rings (SSSR count). The van der Waals surface area contributed by atoms with Crippen LogP contribution in [0.2, 0.25) is 0 Å². The third-order valence-corrected chi connectivity index (χ3v) is 8.31. The maximum absolute atomic E-state index is 12.9. The van der Waals surface area contributed by atoms with E-state index >= 15 is 0 Å². The van der Waals surface area contributed by atoms with Gasteiger partial charge in [-0.25, -0.2) is 9.59 Å². The Hall–Kier alpha value is -6.20. The predicted molar refractivity (Wildman–Crippen MR) is 190 cm³/mol. The Bertz CT molecular complexity index is 1680. The SMILES string of the molecule is CC(=O)OC[C@H]1O[C@@H](N2C=CCC(C(=O)OCC#CCOC(=O)C3=CN([C@@H]4O[C@H](COC(C)=O)[C@@H](OC(C)=O)[C@H]4OC(C)=O)C=CC3)=C2)[C@H](OC(C)=O)[C@@H]1OC(C)=O. The van der Waals surface area contributed by atoms with Crippen LogP contribution in [0.15, 0.2) is 48.1 Å². The van der Waals surface area contributed by atoms with Gasteiger partial charge >= 0.3 is 47.8 Å². The maximum atomic E-state index is 12.9. The van der Waals surface area contributed by atoms with Crippen molar-refractivity contribution in [3.05, 3.63) is 48.1 Å². The number of allylic oxidation sites excluding steroid dienone is 2. The molecule has 58 heavy (non-hydrogen) atoms. The zero-order chi connectivity index (χ0) is 42.5. The van der Waals surface area contributed by atoms with Crippen molar-refractivity contribution in [2.75, 3.05) is 26.4 Å². The molecular formula is C38H44N2O18. The van der Waals surface area contributed by atoms with Crippen LogP contribution in [0.1, 0.15) is 54.4 Å². The van der Waals surface area contributed by atoms with Gasteiger partial charge in [-0.2, -0.15) is 0 Å². The summed E-state index contributed by atoms with van der Waals surface area (Å²) in [5.74, 6) is -0.248. The molecule has 4 aliphatic heterocycles. The van der Waals surface area contributed by atoms with Gasteiger partial charge in [-0.05, 0) is 0 Å². The molecule has 4 heterocycles. The molecule has 0 N–H and O–H groups in total. The van der Waals surface area contributed by atoms with Crippen molar-refractivity contribution in [3.63, 3.8) is 0 Å². The first kappa shape index (κ1) is 44.5. The van der Waals surface area contributed by atoms with E-state index in [1.54, 1.807) is 24.6 Å². The number of hydrogen-bond donors (Lipinski definition) is 0. The number of nitrogens with zero attached hydrogens (tertiary/aromatic N) is 2. The molecule has 0 bridgehead atoms. The summed E-state index contributed by atoms with van der Waals surface area (Å²) in [5, 5.41) is 0. The van der Waals surface area contributed by atoms with Crippen molar-refractivity contribution in [1.29, 1.82) is 0 Å². The van der Waals surface area contributed by atoms with E-state index in [0.29, 0.717) is 0 Å². The lowest BCUT2D eigenvalue weighted by atomic mass is 10.1. The largest absolute Gasteiger partial charge is 0.463 e. The Morgan fingerprint density at radius 3 is 1.21 bits per heavy atom. The molecule has 20 heteroatoms. The van der Waals surface area contributed by atoms with E-state index in [-0.39, 0.29) is 50.4 Å². The van der Waals surface area contributed by atoms with Crippen molar-refractivity contribution in [2.24, 2.45) is 0 Å². The summed E-state index contributed by atoms with van der Waals surface area (Å²) < 4.78 is 54.3. The normalized spacial score (nSPS) is 25.8. The summed E-state index contributed by atoms with van der Waals surface area (Å²) in [6.07, 6.45) is 0.838. The number of carbonyl (C=O) groups excluding carboxylic acids is 8. The fourth-order valence-corrected chi connectivity index (χ4v) is 6.10. The zero-order valence-electron chi connectivity index (χ0n) is 32.6. The molecule has 4 aliphatic rings. The summed E-state index contributed by atoms with van der Waals surface area (Å²) in [5.41, 5.74) is 0.351. The van der Waals surface area contributed by atoms with Crippen molar-refractivity contribution >= 4 is 47.8 Å². The first-order valence-corrected chi connectivity index (χ1v) is 17.9. The lowest BCUT2D eigenvalue weighted by Crippen LogP contribution is -2.44.